The lowest BCUT2D eigenvalue weighted by Crippen LogP contribution is -2.32. The van der Waals surface area contributed by atoms with Crippen molar-refractivity contribution in [1.82, 2.24) is 15.1 Å². The van der Waals surface area contributed by atoms with Gasteiger partial charge in [0.25, 0.3) is 5.91 Å². The highest BCUT2D eigenvalue weighted by Gasteiger charge is 2.14. The van der Waals surface area contributed by atoms with Gasteiger partial charge in [0.2, 0.25) is 0 Å². The molecule has 0 aliphatic rings. The van der Waals surface area contributed by atoms with E-state index >= 15 is 0 Å². The van der Waals surface area contributed by atoms with Crippen molar-refractivity contribution in [2.24, 2.45) is 0 Å². The molecule has 18 heavy (non-hydrogen) atoms. The van der Waals surface area contributed by atoms with Crippen molar-refractivity contribution >= 4 is 16.8 Å². The fourth-order valence-electron chi connectivity index (χ4n) is 1.91. The van der Waals surface area contributed by atoms with E-state index < -0.39 is 0 Å². The van der Waals surface area contributed by atoms with Crippen LogP contribution in [0, 0.1) is 0 Å². The van der Waals surface area contributed by atoms with Crippen LogP contribution in [0.25, 0.3) is 10.9 Å². The van der Waals surface area contributed by atoms with Crippen molar-refractivity contribution in [1.29, 1.82) is 0 Å². The highest BCUT2D eigenvalue weighted by Crippen LogP contribution is 2.14. The number of nitrogens with zero attached hydrogens (tertiary/aromatic N) is 2. The van der Waals surface area contributed by atoms with E-state index in [9.17, 15) is 4.79 Å². The molecule has 2 rings (SSSR count). The molecule has 0 radical (unpaired) electrons. The van der Waals surface area contributed by atoms with Gasteiger partial charge in [0.15, 0.2) is 0 Å². The third kappa shape index (κ3) is 2.42. The Hall–Kier alpha value is -2.10. The van der Waals surface area contributed by atoms with Crippen LogP contribution in [-0.2, 0) is 0 Å². The summed E-state index contributed by atoms with van der Waals surface area (Å²) in [6.45, 7) is 9.01. The number of carbonyl (C=O) groups excluding carboxylic acids is 1. The van der Waals surface area contributed by atoms with Gasteiger partial charge >= 0.3 is 0 Å². The minimum absolute atomic E-state index is 0.0250. The molecule has 4 heteroatoms. The van der Waals surface area contributed by atoms with Gasteiger partial charge < -0.3 is 4.90 Å². The molecule has 2 aromatic rings. The molecule has 1 aromatic carbocycles. The number of benzene rings is 1. The summed E-state index contributed by atoms with van der Waals surface area (Å²) in [7, 11) is 0. The molecule has 0 atom stereocenters. The molecule has 0 fully saturated rings. The average molecular weight is 243 g/mol. The largest absolute Gasteiger partial charge is 0.335 e. The Morgan fingerprint density at radius 3 is 2.94 bits per heavy atom. The summed E-state index contributed by atoms with van der Waals surface area (Å²) in [5, 5.41) is 7.83. The molecule has 1 N–H and O–H groups in total. The number of rotatable bonds is 4. The summed E-state index contributed by atoms with van der Waals surface area (Å²) in [6.07, 6.45) is 1.75. The molecule has 0 spiro atoms. The number of aromatic amines is 1. The Bertz CT molecular complexity index is 585. The average Bonchev–Trinajstić information content (AvgIpc) is 2.81. The fourth-order valence-corrected chi connectivity index (χ4v) is 1.91. The Labute approximate surface area is 106 Å². The van der Waals surface area contributed by atoms with E-state index in [1.165, 1.54) is 0 Å². The number of amides is 1. The lowest BCUT2D eigenvalue weighted by atomic mass is 10.1. The molecule has 0 saturated carbocycles. The summed E-state index contributed by atoms with van der Waals surface area (Å²) >= 11 is 0. The summed E-state index contributed by atoms with van der Waals surface area (Å²) < 4.78 is 0. The molecule has 1 aromatic heterocycles. The first kappa shape index (κ1) is 12.4. The second-order valence-electron chi connectivity index (χ2n) is 4.45. The summed E-state index contributed by atoms with van der Waals surface area (Å²) in [4.78, 5) is 14.1. The highest BCUT2D eigenvalue weighted by molar-refractivity contribution is 5.97. The minimum atomic E-state index is 0.0250. The monoisotopic (exact) mass is 243 g/mol. The quantitative estimate of drug-likeness (QED) is 0.839. The maximum absolute atomic E-state index is 12.3. The van der Waals surface area contributed by atoms with E-state index in [2.05, 4.69) is 16.8 Å². The first-order chi connectivity index (χ1) is 8.61. The fraction of sp³-hybridized carbons (Fsp3) is 0.286. The zero-order valence-electron chi connectivity index (χ0n) is 10.7. The van der Waals surface area contributed by atoms with Gasteiger partial charge in [-0.2, -0.15) is 5.10 Å². The van der Waals surface area contributed by atoms with Crippen LogP contribution in [0.5, 0.6) is 0 Å². The van der Waals surface area contributed by atoms with Crippen LogP contribution in [-0.4, -0.2) is 34.1 Å². The lowest BCUT2D eigenvalue weighted by molar-refractivity contribution is 0.0778. The van der Waals surface area contributed by atoms with Crippen molar-refractivity contribution in [3.05, 3.63) is 42.1 Å². The Morgan fingerprint density at radius 2 is 2.28 bits per heavy atom. The molecule has 0 unspecified atom stereocenters. The van der Waals surface area contributed by atoms with E-state index in [0.29, 0.717) is 18.7 Å². The summed E-state index contributed by atoms with van der Waals surface area (Å²) in [5.74, 6) is 0.0250. The number of hydrogen-bond acceptors (Lipinski definition) is 2. The van der Waals surface area contributed by atoms with E-state index in [0.717, 1.165) is 16.5 Å². The number of hydrogen-bond donors (Lipinski definition) is 1. The van der Waals surface area contributed by atoms with Crippen LogP contribution in [0.15, 0.2) is 36.5 Å². The number of likely N-dealkylation sites (N-methyl/N-ethyl adjacent to an activating group) is 1. The smallest absolute Gasteiger partial charge is 0.254 e. The van der Waals surface area contributed by atoms with E-state index in [1.54, 1.807) is 11.1 Å². The lowest BCUT2D eigenvalue weighted by Gasteiger charge is -2.21. The molecule has 0 aliphatic carbocycles. The SMILES string of the molecule is C=C(C)CN(CC)C(=O)c1ccc2cn[nH]c2c1. The molecule has 0 saturated heterocycles. The summed E-state index contributed by atoms with van der Waals surface area (Å²) in [6, 6.07) is 5.58. The molecule has 4 nitrogen and oxygen atoms in total. The molecule has 0 aliphatic heterocycles. The molecule has 94 valence electrons. The zero-order valence-corrected chi connectivity index (χ0v) is 10.7. The molecule has 1 amide bonds. The van der Waals surface area contributed by atoms with Crippen molar-refractivity contribution in [2.45, 2.75) is 13.8 Å². The van der Waals surface area contributed by atoms with E-state index in [-0.39, 0.29) is 5.91 Å². The third-order valence-corrected chi connectivity index (χ3v) is 2.82. The van der Waals surface area contributed by atoms with Crippen molar-refractivity contribution < 1.29 is 4.79 Å². The molecule has 1 heterocycles. The first-order valence-corrected chi connectivity index (χ1v) is 5.98. The van der Waals surface area contributed by atoms with Gasteiger partial charge in [0, 0.05) is 24.0 Å². The van der Waals surface area contributed by atoms with Crippen molar-refractivity contribution in [3.63, 3.8) is 0 Å². The second-order valence-corrected chi connectivity index (χ2v) is 4.45. The standard InChI is InChI=1S/C14H17N3O/c1-4-17(9-10(2)3)14(18)11-5-6-12-8-15-16-13(12)7-11/h5-8H,2,4,9H2,1,3H3,(H,15,16). The first-order valence-electron chi connectivity index (χ1n) is 5.98. The van der Waals surface area contributed by atoms with Crippen molar-refractivity contribution in [2.75, 3.05) is 13.1 Å². The van der Waals surface area contributed by atoms with Gasteiger partial charge in [-0.05, 0) is 26.0 Å². The van der Waals surface area contributed by atoms with Crippen molar-refractivity contribution in [3.8, 4) is 0 Å². The van der Waals surface area contributed by atoms with Gasteiger partial charge in [-0.1, -0.05) is 18.2 Å². The number of carbonyl (C=O) groups is 1. The van der Waals surface area contributed by atoms with Gasteiger partial charge in [-0.15, -0.1) is 0 Å². The Balaban J connectivity index is 2.28. The number of H-pyrrole nitrogens is 1. The van der Waals surface area contributed by atoms with Crippen LogP contribution >= 0.6 is 0 Å². The number of fused-ring (bicyclic) bond motifs is 1. The van der Waals surface area contributed by atoms with Gasteiger partial charge in [-0.3, -0.25) is 9.89 Å². The molecular weight excluding hydrogens is 226 g/mol. The highest BCUT2D eigenvalue weighted by atomic mass is 16.2. The number of nitrogens with one attached hydrogen (secondary N) is 1. The minimum Gasteiger partial charge on any atom is -0.335 e. The van der Waals surface area contributed by atoms with Crippen LogP contribution in [0.4, 0.5) is 0 Å². The predicted octanol–water partition coefficient (Wildman–Crippen LogP) is 2.60. The molecular formula is C14H17N3O. The predicted molar refractivity (Wildman–Crippen MR) is 72.5 cm³/mol. The van der Waals surface area contributed by atoms with E-state index in [1.807, 2.05) is 32.0 Å². The van der Waals surface area contributed by atoms with Crippen LogP contribution in [0.3, 0.4) is 0 Å². The van der Waals surface area contributed by atoms with E-state index in [4.69, 9.17) is 0 Å². The zero-order chi connectivity index (χ0) is 13.1. The van der Waals surface area contributed by atoms with Crippen LogP contribution in [0.1, 0.15) is 24.2 Å². The Kier molecular flexibility index (Phi) is 3.46. The Morgan fingerprint density at radius 1 is 1.50 bits per heavy atom. The second kappa shape index (κ2) is 5.04. The van der Waals surface area contributed by atoms with Gasteiger partial charge in [0.1, 0.15) is 0 Å². The summed E-state index contributed by atoms with van der Waals surface area (Å²) in [5.41, 5.74) is 2.54. The maximum Gasteiger partial charge on any atom is 0.254 e. The molecule has 0 bridgehead atoms. The van der Waals surface area contributed by atoms with Gasteiger partial charge in [0.05, 0.1) is 11.7 Å². The normalized spacial score (nSPS) is 10.6. The van der Waals surface area contributed by atoms with Crippen LogP contribution in [0.2, 0.25) is 0 Å². The number of aromatic nitrogens is 2. The maximum atomic E-state index is 12.3. The third-order valence-electron chi connectivity index (χ3n) is 2.82. The van der Waals surface area contributed by atoms with Crippen LogP contribution < -0.4 is 0 Å². The topological polar surface area (TPSA) is 49.0 Å². The van der Waals surface area contributed by atoms with Gasteiger partial charge in [-0.25, -0.2) is 0 Å².